The van der Waals surface area contributed by atoms with E-state index >= 15 is 0 Å². The van der Waals surface area contributed by atoms with E-state index in [0.29, 0.717) is 11.5 Å². The van der Waals surface area contributed by atoms with Crippen LogP contribution < -0.4 is 0 Å². The number of phenols is 1. The molecule has 0 aliphatic carbocycles. The van der Waals surface area contributed by atoms with Gasteiger partial charge in [-0.1, -0.05) is 38.1 Å². The number of hydrogen-bond donors (Lipinski definition) is 1. The maximum Gasteiger partial charge on any atom is 0.311 e. The van der Waals surface area contributed by atoms with E-state index in [9.17, 15) is 15.2 Å². The summed E-state index contributed by atoms with van der Waals surface area (Å²) in [6.07, 6.45) is 2.46. The fourth-order valence-electron chi connectivity index (χ4n) is 2.18. The van der Waals surface area contributed by atoms with Crippen molar-refractivity contribution in [3.8, 4) is 5.75 Å². The summed E-state index contributed by atoms with van der Waals surface area (Å²) in [7, 11) is 0. The first-order chi connectivity index (χ1) is 10.5. The minimum absolute atomic E-state index is 0.320. The molecule has 0 saturated heterocycles. The lowest BCUT2D eigenvalue weighted by atomic mass is 9.97. The van der Waals surface area contributed by atoms with Gasteiger partial charge in [-0.3, -0.25) is 15.1 Å². The van der Waals surface area contributed by atoms with Gasteiger partial charge in [-0.15, -0.1) is 0 Å². The second-order valence-corrected chi connectivity index (χ2v) is 5.10. The van der Waals surface area contributed by atoms with E-state index in [0.717, 1.165) is 17.7 Å². The fraction of sp³-hybridized carbons (Fsp3) is 0.235. The molecule has 0 aromatic heterocycles. The van der Waals surface area contributed by atoms with Crippen molar-refractivity contribution in [2.45, 2.75) is 26.2 Å². The quantitative estimate of drug-likeness (QED) is 0.499. The molecule has 0 heterocycles. The Bertz CT molecular complexity index is 711. The smallest absolute Gasteiger partial charge is 0.311 e. The number of benzene rings is 2. The van der Waals surface area contributed by atoms with Crippen LogP contribution in [0.4, 0.5) is 11.4 Å². The minimum atomic E-state index is -0.611. The predicted octanol–water partition coefficient (Wildman–Crippen LogP) is 4.56. The maximum atomic E-state index is 10.8. The zero-order valence-electron chi connectivity index (χ0n) is 12.6. The number of nitro groups is 1. The first kappa shape index (κ1) is 15.7. The highest BCUT2D eigenvalue weighted by molar-refractivity contribution is 5.87. The van der Waals surface area contributed by atoms with Gasteiger partial charge < -0.3 is 5.11 Å². The second kappa shape index (κ2) is 6.85. The summed E-state index contributed by atoms with van der Waals surface area (Å²) in [6.45, 7) is 4.23. The van der Waals surface area contributed by atoms with Gasteiger partial charge in [-0.2, -0.15) is 0 Å². The molecule has 0 bridgehead atoms. The van der Waals surface area contributed by atoms with Crippen LogP contribution in [0, 0.1) is 10.1 Å². The molecule has 1 atom stereocenters. The molecule has 5 nitrogen and oxygen atoms in total. The van der Waals surface area contributed by atoms with Crippen LogP contribution in [0.3, 0.4) is 0 Å². The molecule has 2 rings (SSSR count). The van der Waals surface area contributed by atoms with Crippen LogP contribution in [0.5, 0.6) is 5.75 Å². The first-order valence-corrected chi connectivity index (χ1v) is 7.14. The van der Waals surface area contributed by atoms with Crippen molar-refractivity contribution < 1.29 is 10.0 Å². The molecule has 5 heteroatoms. The van der Waals surface area contributed by atoms with Crippen molar-refractivity contribution in [2.75, 3.05) is 0 Å². The molecule has 1 N–H and O–H groups in total. The maximum absolute atomic E-state index is 10.8. The topological polar surface area (TPSA) is 75.7 Å². The number of aliphatic imine (C=N–C) groups is 1. The van der Waals surface area contributed by atoms with Crippen molar-refractivity contribution in [2.24, 2.45) is 4.99 Å². The number of hydrogen-bond acceptors (Lipinski definition) is 4. The second-order valence-electron chi connectivity index (χ2n) is 5.10. The van der Waals surface area contributed by atoms with Gasteiger partial charge in [0.25, 0.3) is 0 Å². The lowest BCUT2D eigenvalue weighted by Gasteiger charge is -2.11. The third-order valence-corrected chi connectivity index (χ3v) is 3.67. The molecule has 0 aliphatic rings. The number of rotatable bonds is 5. The van der Waals surface area contributed by atoms with Gasteiger partial charge in [0.1, 0.15) is 0 Å². The SMILES string of the molecule is CC[C@H](C)c1ccccc1N=Cc1cccc([N+](=O)[O-])c1O. The molecule has 114 valence electrons. The number of nitro benzene ring substituents is 1. The molecular formula is C17H18N2O3. The number of para-hydroxylation sites is 2. The van der Waals surface area contributed by atoms with Crippen molar-refractivity contribution in [3.05, 3.63) is 63.7 Å². The first-order valence-electron chi connectivity index (χ1n) is 7.14. The van der Waals surface area contributed by atoms with Crippen molar-refractivity contribution >= 4 is 17.6 Å². The molecule has 0 aliphatic heterocycles. The van der Waals surface area contributed by atoms with E-state index < -0.39 is 4.92 Å². The van der Waals surface area contributed by atoms with Crippen LogP contribution in [0.25, 0.3) is 0 Å². The molecule has 22 heavy (non-hydrogen) atoms. The third-order valence-electron chi connectivity index (χ3n) is 3.67. The Morgan fingerprint density at radius 3 is 2.68 bits per heavy atom. The van der Waals surface area contributed by atoms with Crippen molar-refractivity contribution in [3.63, 3.8) is 0 Å². The Morgan fingerprint density at radius 1 is 1.27 bits per heavy atom. The Balaban J connectivity index is 2.38. The van der Waals surface area contributed by atoms with E-state index in [2.05, 4.69) is 18.8 Å². The minimum Gasteiger partial charge on any atom is -0.502 e. The van der Waals surface area contributed by atoms with Gasteiger partial charge in [-0.25, -0.2) is 0 Å². The average molecular weight is 298 g/mol. The van der Waals surface area contributed by atoms with Gasteiger partial charge in [-0.05, 0) is 30.0 Å². The summed E-state index contributed by atoms with van der Waals surface area (Å²) >= 11 is 0. The van der Waals surface area contributed by atoms with E-state index in [1.807, 2.05) is 24.3 Å². The average Bonchev–Trinajstić information content (AvgIpc) is 2.53. The van der Waals surface area contributed by atoms with Crippen LogP contribution in [-0.4, -0.2) is 16.2 Å². The lowest BCUT2D eigenvalue weighted by Crippen LogP contribution is -1.93. The van der Waals surface area contributed by atoms with E-state index in [4.69, 9.17) is 0 Å². The van der Waals surface area contributed by atoms with E-state index in [1.165, 1.54) is 18.3 Å². The molecular weight excluding hydrogens is 280 g/mol. The molecule has 0 spiro atoms. The number of nitrogens with zero attached hydrogens (tertiary/aromatic N) is 2. The summed E-state index contributed by atoms with van der Waals surface area (Å²) in [4.78, 5) is 14.6. The van der Waals surface area contributed by atoms with Gasteiger partial charge in [0.15, 0.2) is 0 Å². The van der Waals surface area contributed by atoms with Crippen LogP contribution in [-0.2, 0) is 0 Å². The van der Waals surface area contributed by atoms with Crippen LogP contribution in [0.2, 0.25) is 0 Å². The van der Waals surface area contributed by atoms with Crippen LogP contribution in [0.1, 0.15) is 37.3 Å². The zero-order chi connectivity index (χ0) is 16.1. The highest BCUT2D eigenvalue weighted by Gasteiger charge is 2.15. The van der Waals surface area contributed by atoms with Crippen LogP contribution in [0.15, 0.2) is 47.5 Å². The third kappa shape index (κ3) is 3.31. The largest absolute Gasteiger partial charge is 0.502 e. The Kier molecular flexibility index (Phi) is 4.88. The Labute approximate surface area is 129 Å². The van der Waals surface area contributed by atoms with E-state index in [-0.39, 0.29) is 11.4 Å². The highest BCUT2D eigenvalue weighted by atomic mass is 16.6. The fourth-order valence-corrected chi connectivity index (χ4v) is 2.18. The summed E-state index contributed by atoms with van der Waals surface area (Å²) < 4.78 is 0. The molecule has 2 aromatic carbocycles. The Hall–Kier alpha value is -2.69. The van der Waals surface area contributed by atoms with Gasteiger partial charge >= 0.3 is 5.69 Å². The van der Waals surface area contributed by atoms with E-state index in [1.54, 1.807) is 6.07 Å². The molecule has 0 amide bonds. The monoisotopic (exact) mass is 298 g/mol. The summed E-state index contributed by atoms with van der Waals surface area (Å²) in [5.41, 5.74) is 1.93. The lowest BCUT2D eigenvalue weighted by molar-refractivity contribution is -0.385. The Morgan fingerprint density at radius 2 is 2.00 bits per heavy atom. The standard InChI is InChI=1S/C17H18N2O3/c1-3-12(2)14-8-4-5-9-15(14)18-11-13-7-6-10-16(17(13)20)19(21)22/h4-12,20H,3H2,1-2H3/t12-/m0/s1. The van der Waals surface area contributed by atoms with Gasteiger partial charge in [0.05, 0.1) is 10.6 Å². The summed E-state index contributed by atoms with van der Waals surface area (Å²) in [5.74, 6) is 0.00401. The molecule has 0 fully saturated rings. The molecule has 0 saturated carbocycles. The zero-order valence-corrected chi connectivity index (χ0v) is 12.6. The summed E-state index contributed by atoms with van der Waals surface area (Å²) in [5, 5.41) is 20.8. The van der Waals surface area contributed by atoms with Crippen LogP contribution >= 0.6 is 0 Å². The normalized spacial score (nSPS) is 12.5. The number of aromatic hydroxyl groups is 1. The molecule has 0 unspecified atom stereocenters. The van der Waals surface area contributed by atoms with Gasteiger partial charge in [0.2, 0.25) is 5.75 Å². The van der Waals surface area contributed by atoms with Crippen molar-refractivity contribution in [1.29, 1.82) is 0 Å². The highest BCUT2D eigenvalue weighted by Crippen LogP contribution is 2.31. The summed E-state index contributed by atoms with van der Waals surface area (Å²) in [6, 6.07) is 12.2. The molecule has 0 radical (unpaired) electrons. The van der Waals surface area contributed by atoms with Crippen molar-refractivity contribution in [1.82, 2.24) is 0 Å². The molecule has 2 aromatic rings. The predicted molar refractivity (Wildman–Crippen MR) is 87.2 cm³/mol. The number of phenolic OH excluding ortho intramolecular Hbond substituents is 1. The van der Waals surface area contributed by atoms with Gasteiger partial charge in [0, 0.05) is 17.8 Å².